The van der Waals surface area contributed by atoms with E-state index in [2.05, 4.69) is 20.8 Å². The minimum Gasteiger partial charge on any atom is -0.309 e. The molecule has 0 bridgehead atoms. The van der Waals surface area contributed by atoms with E-state index in [-0.39, 0.29) is 29.2 Å². The van der Waals surface area contributed by atoms with Gasteiger partial charge in [-0.3, -0.25) is 15.2 Å². The number of halogens is 1. The Morgan fingerprint density at radius 1 is 1.24 bits per heavy atom. The van der Waals surface area contributed by atoms with Gasteiger partial charge in [-0.05, 0) is 36.2 Å². The number of sulfone groups is 1. The van der Waals surface area contributed by atoms with E-state index in [1.54, 1.807) is 30.3 Å². The number of hydrogen-bond acceptors (Lipinski definition) is 5. The number of carbonyl (C=O) groups excluding carboxylic acids is 1. The molecule has 9 heteroatoms. The second-order valence-electron chi connectivity index (χ2n) is 6.90. The van der Waals surface area contributed by atoms with Crippen molar-refractivity contribution in [3.05, 3.63) is 76.7 Å². The molecule has 2 heterocycles. The van der Waals surface area contributed by atoms with Crippen molar-refractivity contribution >= 4 is 21.6 Å². The van der Waals surface area contributed by atoms with Crippen LogP contribution in [0.2, 0.25) is 0 Å². The lowest BCUT2D eigenvalue weighted by Crippen LogP contribution is -2.23. The zero-order valence-electron chi connectivity index (χ0n) is 15.6. The molecular formula is C20H19FN4O3S. The zero-order chi connectivity index (χ0) is 20.6. The van der Waals surface area contributed by atoms with E-state index in [1.807, 2.05) is 13.0 Å². The van der Waals surface area contributed by atoms with Crippen molar-refractivity contribution in [1.82, 2.24) is 15.5 Å². The third kappa shape index (κ3) is 3.66. The summed E-state index contributed by atoms with van der Waals surface area (Å²) in [6.45, 7) is 2.06. The van der Waals surface area contributed by atoms with Gasteiger partial charge in [0.1, 0.15) is 5.82 Å². The fraction of sp³-hybridized carbons (Fsp3) is 0.200. The lowest BCUT2D eigenvalue weighted by Gasteiger charge is -2.12. The standard InChI is InChI=1S/C20H19FN4O3S/c1-12-5-4-7-14(9-12)29(27,28)20-18-15(11-22-20)19(25-24-18)23-17(26)10-13-6-2-3-8-16(13)21/h2-9,20,22H,10-11H2,1H3,(H2,23,24,25,26). The Morgan fingerprint density at radius 2 is 2.03 bits per heavy atom. The summed E-state index contributed by atoms with van der Waals surface area (Å²) < 4.78 is 39.8. The first-order chi connectivity index (χ1) is 13.9. The van der Waals surface area contributed by atoms with Crippen molar-refractivity contribution in [3.63, 3.8) is 0 Å². The molecule has 150 valence electrons. The highest BCUT2D eigenvalue weighted by Crippen LogP contribution is 2.35. The molecule has 0 saturated carbocycles. The number of nitrogens with one attached hydrogen (secondary N) is 3. The van der Waals surface area contributed by atoms with Crippen LogP contribution in [0.4, 0.5) is 10.2 Å². The summed E-state index contributed by atoms with van der Waals surface area (Å²) in [6, 6.07) is 12.7. The van der Waals surface area contributed by atoms with Gasteiger partial charge in [-0.15, -0.1) is 0 Å². The molecule has 0 radical (unpaired) electrons. The summed E-state index contributed by atoms with van der Waals surface area (Å²) in [5, 5.41) is 11.4. The third-order valence-electron chi connectivity index (χ3n) is 4.82. The van der Waals surface area contributed by atoms with Crippen LogP contribution in [0.5, 0.6) is 0 Å². The quantitative estimate of drug-likeness (QED) is 0.595. The van der Waals surface area contributed by atoms with E-state index in [0.717, 1.165) is 5.56 Å². The SMILES string of the molecule is Cc1cccc(S(=O)(=O)C2NCc3c(NC(=O)Cc4ccccc4F)n[nH]c32)c1. The minimum absolute atomic E-state index is 0.146. The van der Waals surface area contributed by atoms with E-state index in [1.165, 1.54) is 12.1 Å². The molecule has 1 atom stereocenters. The molecule has 0 spiro atoms. The summed E-state index contributed by atoms with van der Waals surface area (Å²) >= 11 is 0. The number of aromatic amines is 1. The number of aromatic nitrogens is 2. The summed E-state index contributed by atoms with van der Waals surface area (Å²) in [7, 11) is -3.69. The summed E-state index contributed by atoms with van der Waals surface area (Å²) in [5.74, 6) is -0.647. The Labute approximate surface area is 167 Å². The molecule has 3 aromatic rings. The van der Waals surface area contributed by atoms with Crippen molar-refractivity contribution < 1.29 is 17.6 Å². The Morgan fingerprint density at radius 3 is 2.79 bits per heavy atom. The van der Waals surface area contributed by atoms with Gasteiger partial charge in [0.25, 0.3) is 0 Å². The normalized spacial score (nSPS) is 15.9. The van der Waals surface area contributed by atoms with Gasteiger partial charge in [0.2, 0.25) is 5.91 Å². The first-order valence-electron chi connectivity index (χ1n) is 9.00. The second-order valence-corrected chi connectivity index (χ2v) is 8.94. The number of anilines is 1. The summed E-state index contributed by atoms with van der Waals surface area (Å²) in [5.41, 5.74) is 2.09. The van der Waals surface area contributed by atoms with Gasteiger partial charge in [-0.1, -0.05) is 30.3 Å². The molecule has 29 heavy (non-hydrogen) atoms. The lowest BCUT2D eigenvalue weighted by atomic mass is 10.1. The van der Waals surface area contributed by atoms with Crippen molar-refractivity contribution in [3.8, 4) is 0 Å². The molecule has 1 amide bonds. The van der Waals surface area contributed by atoms with Crippen molar-refractivity contribution in [2.45, 2.75) is 30.2 Å². The average molecular weight is 414 g/mol. The fourth-order valence-electron chi connectivity index (χ4n) is 3.36. The highest BCUT2D eigenvalue weighted by molar-refractivity contribution is 7.91. The van der Waals surface area contributed by atoms with Gasteiger partial charge in [-0.25, -0.2) is 12.8 Å². The molecule has 0 saturated heterocycles. The smallest absolute Gasteiger partial charge is 0.230 e. The molecule has 1 aliphatic heterocycles. The first-order valence-corrected chi connectivity index (χ1v) is 10.6. The number of benzene rings is 2. The number of amides is 1. The number of carbonyl (C=O) groups is 1. The molecule has 0 fully saturated rings. The van der Waals surface area contributed by atoms with Crippen LogP contribution < -0.4 is 10.6 Å². The zero-order valence-corrected chi connectivity index (χ0v) is 16.4. The predicted molar refractivity (Wildman–Crippen MR) is 105 cm³/mol. The Bertz CT molecular complexity index is 1190. The monoisotopic (exact) mass is 414 g/mol. The third-order valence-corrected chi connectivity index (χ3v) is 6.75. The van der Waals surface area contributed by atoms with E-state index in [4.69, 9.17) is 0 Å². The van der Waals surface area contributed by atoms with Gasteiger partial charge < -0.3 is 5.32 Å². The van der Waals surface area contributed by atoms with Crippen LogP contribution in [-0.4, -0.2) is 24.5 Å². The molecule has 4 rings (SSSR count). The van der Waals surface area contributed by atoms with Crippen molar-refractivity contribution in [2.75, 3.05) is 5.32 Å². The van der Waals surface area contributed by atoms with Gasteiger partial charge in [-0.2, -0.15) is 5.10 Å². The number of rotatable bonds is 5. The number of H-pyrrole nitrogens is 1. The molecule has 7 nitrogen and oxygen atoms in total. The number of fused-ring (bicyclic) bond motifs is 1. The topological polar surface area (TPSA) is 104 Å². The molecule has 0 aliphatic carbocycles. The van der Waals surface area contributed by atoms with E-state index < -0.39 is 26.9 Å². The van der Waals surface area contributed by atoms with E-state index in [9.17, 15) is 17.6 Å². The summed E-state index contributed by atoms with van der Waals surface area (Å²) in [6.07, 6.45) is -0.146. The molecule has 1 aromatic heterocycles. The molecule has 1 unspecified atom stereocenters. The van der Waals surface area contributed by atoms with Crippen LogP contribution >= 0.6 is 0 Å². The molecule has 1 aliphatic rings. The van der Waals surface area contributed by atoms with Crippen LogP contribution in [0, 0.1) is 12.7 Å². The second kappa shape index (κ2) is 7.41. The van der Waals surface area contributed by atoms with Gasteiger partial charge >= 0.3 is 0 Å². The highest BCUT2D eigenvalue weighted by Gasteiger charge is 2.38. The van der Waals surface area contributed by atoms with Crippen LogP contribution in [-0.2, 0) is 27.6 Å². The largest absolute Gasteiger partial charge is 0.309 e. The molecule has 3 N–H and O–H groups in total. The number of nitrogens with zero attached hydrogens (tertiary/aromatic N) is 1. The molecular weight excluding hydrogens is 395 g/mol. The maximum atomic E-state index is 13.7. The van der Waals surface area contributed by atoms with Gasteiger partial charge in [0.05, 0.1) is 17.0 Å². The fourth-order valence-corrected chi connectivity index (χ4v) is 5.06. The van der Waals surface area contributed by atoms with Crippen molar-refractivity contribution in [2.24, 2.45) is 0 Å². The Kier molecular flexibility index (Phi) is 4.93. The van der Waals surface area contributed by atoms with Crippen LogP contribution in [0.25, 0.3) is 0 Å². The summed E-state index contributed by atoms with van der Waals surface area (Å²) in [4.78, 5) is 12.5. The maximum absolute atomic E-state index is 13.7. The van der Waals surface area contributed by atoms with Crippen LogP contribution in [0.1, 0.15) is 27.8 Å². The van der Waals surface area contributed by atoms with Gasteiger partial charge in [0.15, 0.2) is 21.0 Å². The van der Waals surface area contributed by atoms with Crippen LogP contribution in [0.15, 0.2) is 53.4 Å². The lowest BCUT2D eigenvalue weighted by molar-refractivity contribution is -0.115. The number of aryl methyl sites for hydroxylation is 1. The van der Waals surface area contributed by atoms with E-state index in [0.29, 0.717) is 11.3 Å². The molecule has 2 aromatic carbocycles. The first kappa shape index (κ1) is 19.3. The van der Waals surface area contributed by atoms with Crippen molar-refractivity contribution in [1.29, 1.82) is 0 Å². The minimum atomic E-state index is -3.69. The van der Waals surface area contributed by atoms with E-state index >= 15 is 0 Å². The predicted octanol–water partition coefficient (Wildman–Crippen LogP) is 2.61. The Balaban J connectivity index is 1.55. The van der Waals surface area contributed by atoms with Gasteiger partial charge in [0, 0.05) is 12.1 Å². The number of hydrogen-bond donors (Lipinski definition) is 3. The highest BCUT2D eigenvalue weighted by atomic mass is 32.2. The maximum Gasteiger partial charge on any atom is 0.230 e. The Hall–Kier alpha value is -3.04. The average Bonchev–Trinajstić information content (AvgIpc) is 3.27. The van der Waals surface area contributed by atoms with Crippen LogP contribution in [0.3, 0.4) is 0 Å².